The van der Waals surface area contributed by atoms with Crippen molar-refractivity contribution in [2.75, 3.05) is 6.61 Å². The first kappa shape index (κ1) is 14.0. The van der Waals surface area contributed by atoms with Crippen molar-refractivity contribution in [2.45, 2.75) is 13.1 Å². The maximum absolute atomic E-state index is 12.4. The molecule has 0 atom stereocenters. The predicted octanol–water partition coefficient (Wildman–Crippen LogP) is 2.46. The number of carbonyl (C=O) groups is 1. The second-order valence-corrected chi connectivity index (χ2v) is 3.79. The van der Waals surface area contributed by atoms with Crippen molar-refractivity contribution in [3.8, 4) is 5.69 Å². The van der Waals surface area contributed by atoms with Crippen LogP contribution in [0.4, 0.5) is 13.2 Å². The molecule has 0 radical (unpaired) electrons. The minimum Gasteiger partial charge on any atom is -0.462 e. The van der Waals surface area contributed by atoms with Crippen molar-refractivity contribution in [3.05, 3.63) is 42.0 Å². The topological polar surface area (TPSA) is 57.0 Å². The lowest BCUT2D eigenvalue weighted by Gasteiger charge is -2.06. The molecule has 0 N–H and O–H groups in total. The molecule has 5 nitrogen and oxygen atoms in total. The Balaban J connectivity index is 2.22. The van der Waals surface area contributed by atoms with E-state index in [4.69, 9.17) is 4.74 Å². The molecule has 0 spiro atoms. The Labute approximate surface area is 112 Å². The molecule has 20 heavy (non-hydrogen) atoms. The number of aromatic nitrogens is 3. The summed E-state index contributed by atoms with van der Waals surface area (Å²) in [6.45, 7) is 1.90. The zero-order valence-electron chi connectivity index (χ0n) is 10.4. The maximum Gasteiger partial charge on any atom is 0.433 e. The average Bonchev–Trinajstić information content (AvgIpc) is 2.88. The van der Waals surface area contributed by atoms with Crippen LogP contribution in [0.1, 0.15) is 23.0 Å². The van der Waals surface area contributed by atoms with E-state index in [9.17, 15) is 18.0 Å². The zero-order valence-corrected chi connectivity index (χ0v) is 10.4. The lowest BCUT2D eigenvalue weighted by molar-refractivity contribution is -0.141. The number of esters is 1. The van der Waals surface area contributed by atoms with Crippen molar-refractivity contribution >= 4 is 5.97 Å². The monoisotopic (exact) mass is 285 g/mol. The lowest BCUT2D eigenvalue weighted by Crippen LogP contribution is -2.08. The first-order valence-corrected chi connectivity index (χ1v) is 5.67. The fourth-order valence-electron chi connectivity index (χ4n) is 1.47. The number of halogens is 3. The third-order valence-corrected chi connectivity index (χ3v) is 2.40. The highest BCUT2D eigenvalue weighted by molar-refractivity contribution is 5.88. The highest BCUT2D eigenvalue weighted by Gasteiger charge is 2.32. The van der Waals surface area contributed by atoms with E-state index in [1.54, 1.807) is 6.92 Å². The number of hydrogen-bond acceptors (Lipinski definition) is 4. The molecule has 0 aliphatic rings. The van der Waals surface area contributed by atoms with Crippen LogP contribution in [0.15, 0.2) is 30.7 Å². The molecule has 0 amide bonds. The molecular weight excluding hydrogens is 275 g/mol. The van der Waals surface area contributed by atoms with Crippen LogP contribution in [0.5, 0.6) is 0 Å². The molecule has 0 saturated carbocycles. The van der Waals surface area contributed by atoms with Gasteiger partial charge in [-0.25, -0.2) is 14.5 Å². The van der Waals surface area contributed by atoms with Gasteiger partial charge in [0.25, 0.3) is 0 Å². The third-order valence-electron chi connectivity index (χ3n) is 2.40. The van der Waals surface area contributed by atoms with Crippen molar-refractivity contribution in [2.24, 2.45) is 0 Å². The largest absolute Gasteiger partial charge is 0.462 e. The summed E-state index contributed by atoms with van der Waals surface area (Å²) in [5.74, 6) is -0.543. The van der Waals surface area contributed by atoms with E-state index in [0.29, 0.717) is 5.69 Å². The highest BCUT2D eigenvalue weighted by Crippen LogP contribution is 2.27. The van der Waals surface area contributed by atoms with Gasteiger partial charge in [0, 0.05) is 6.20 Å². The molecule has 8 heteroatoms. The van der Waals surface area contributed by atoms with Gasteiger partial charge < -0.3 is 4.74 Å². The molecule has 2 aromatic rings. The van der Waals surface area contributed by atoms with Crippen molar-refractivity contribution < 1.29 is 22.7 Å². The summed E-state index contributed by atoms with van der Waals surface area (Å²) >= 11 is 0. The Morgan fingerprint density at radius 1 is 1.35 bits per heavy atom. The van der Waals surface area contributed by atoms with E-state index in [2.05, 4.69) is 10.1 Å². The molecule has 0 saturated heterocycles. The number of hydrogen-bond donors (Lipinski definition) is 0. The minimum atomic E-state index is -4.49. The summed E-state index contributed by atoms with van der Waals surface area (Å²) in [5.41, 5.74) is -0.459. The fourth-order valence-corrected chi connectivity index (χ4v) is 1.47. The van der Waals surface area contributed by atoms with Crippen LogP contribution >= 0.6 is 0 Å². The number of carbonyl (C=O) groups excluding carboxylic acids is 1. The molecule has 0 fully saturated rings. The number of pyridine rings is 1. The smallest absolute Gasteiger partial charge is 0.433 e. The van der Waals surface area contributed by atoms with Crippen molar-refractivity contribution in [3.63, 3.8) is 0 Å². The Morgan fingerprint density at radius 2 is 2.10 bits per heavy atom. The van der Waals surface area contributed by atoms with Crippen LogP contribution in [-0.4, -0.2) is 27.3 Å². The first-order chi connectivity index (χ1) is 9.41. The normalized spacial score (nSPS) is 11.4. The quantitative estimate of drug-likeness (QED) is 0.813. The SMILES string of the molecule is CCOC(=O)c1cnn(-c2ccc(C(F)(F)F)nc2)c1. The van der Waals surface area contributed by atoms with E-state index < -0.39 is 17.8 Å². The van der Waals surface area contributed by atoms with Gasteiger partial charge in [-0.05, 0) is 19.1 Å². The van der Waals surface area contributed by atoms with Gasteiger partial charge in [-0.1, -0.05) is 0 Å². The van der Waals surface area contributed by atoms with Crippen LogP contribution < -0.4 is 0 Å². The minimum absolute atomic E-state index is 0.215. The van der Waals surface area contributed by atoms with Gasteiger partial charge in [0.05, 0.1) is 30.3 Å². The molecule has 0 aliphatic heterocycles. The molecule has 0 unspecified atom stereocenters. The van der Waals surface area contributed by atoms with Gasteiger partial charge in [-0.2, -0.15) is 18.3 Å². The van der Waals surface area contributed by atoms with Gasteiger partial charge in [0.1, 0.15) is 5.69 Å². The van der Waals surface area contributed by atoms with Crippen LogP contribution in [0.25, 0.3) is 5.69 Å². The summed E-state index contributed by atoms with van der Waals surface area (Å²) in [7, 11) is 0. The van der Waals surface area contributed by atoms with Crippen LogP contribution in [0.3, 0.4) is 0 Å². The molecule has 0 aliphatic carbocycles. The van der Waals surface area contributed by atoms with Gasteiger partial charge >= 0.3 is 12.1 Å². The Morgan fingerprint density at radius 3 is 2.65 bits per heavy atom. The standard InChI is InChI=1S/C12H10F3N3O2/c1-2-20-11(19)8-5-17-18(7-8)9-3-4-10(16-6-9)12(13,14)15/h3-7H,2H2,1H3. The molecule has 2 aromatic heterocycles. The lowest BCUT2D eigenvalue weighted by atomic mass is 10.3. The molecule has 106 valence electrons. The first-order valence-electron chi connectivity index (χ1n) is 5.67. The zero-order chi connectivity index (χ0) is 14.8. The van der Waals surface area contributed by atoms with Crippen LogP contribution in [0.2, 0.25) is 0 Å². The van der Waals surface area contributed by atoms with Crippen molar-refractivity contribution in [1.82, 2.24) is 14.8 Å². The van der Waals surface area contributed by atoms with Gasteiger partial charge in [-0.15, -0.1) is 0 Å². The van der Waals surface area contributed by atoms with Gasteiger partial charge in [0.2, 0.25) is 0 Å². The summed E-state index contributed by atoms with van der Waals surface area (Å²) < 4.78 is 43.1. The number of alkyl halides is 3. The third kappa shape index (κ3) is 2.95. The van der Waals surface area contributed by atoms with Crippen molar-refractivity contribution in [1.29, 1.82) is 0 Å². The summed E-state index contributed by atoms with van der Waals surface area (Å²) in [4.78, 5) is 14.7. The number of nitrogens with zero attached hydrogens (tertiary/aromatic N) is 3. The Bertz CT molecular complexity index is 605. The number of rotatable bonds is 3. The predicted molar refractivity (Wildman–Crippen MR) is 62.3 cm³/mol. The average molecular weight is 285 g/mol. The van der Waals surface area contributed by atoms with Gasteiger partial charge in [0.15, 0.2) is 0 Å². The molecular formula is C12H10F3N3O2. The molecule has 0 aromatic carbocycles. The van der Waals surface area contributed by atoms with E-state index in [0.717, 1.165) is 12.3 Å². The Hall–Kier alpha value is -2.38. The van der Waals surface area contributed by atoms with E-state index in [1.165, 1.54) is 23.1 Å². The number of ether oxygens (including phenoxy) is 1. The van der Waals surface area contributed by atoms with Crippen LogP contribution in [-0.2, 0) is 10.9 Å². The maximum atomic E-state index is 12.4. The van der Waals surface area contributed by atoms with E-state index >= 15 is 0 Å². The Kier molecular flexibility index (Phi) is 3.73. The summed E-state index contributed by atoms with van der Waals surface area (Å²) in [6, 6.07) is 2.07. The molecule has 2 heterocycles. The van der Waals surface area contributed by atoms with Crippen LogP contribution in [0, 0.1) is 0 Å². The second kappa shape index (κ2) is 5.32. The summed E-state index contributed by atoms with van der Waals surface area (Å²) in [5, 5.41) is 3.88. The van der Waals surface area contributed by atoms with E-state index in [-0.39, 0.29) is 12.2 Å². The summed E-state index contributed by atoms with van der Waals surface area (Å²) in [6.07, 6.45) is -0.818. The second-order valence-electron chi connectivity index (χ2n) is 3.79. The van der Waals surface area contributed by atoms with E-state index in [1.807, 2.05) is 0 Å². The molecule has 2 rings (SSSR count). The highest BCUT2D eigenvalue weighted by atomic mass is 19.4. The van der Waals surface area contributed by atoms with Gasteiger partial charge in [-0.3, -0.25) is 0 Å². The molecule has 0 bridgehead atoms. The fraction of sp³-hybridized carbons (Fsp3) is 0.250.